The Bertz CT molecular complexity index is 820. The van der Waals surface area contributed by atoms with Crippen LogP contribution in [0.5, 0.6) is 0 Å². The van der Waals surface area contributed by atoms with Crippen LogP contribution in [-0.2, 0) is 17.6 Å². The Kier molecular flexibility index (Phi) is 5.06. The van der Waals surface area contributed by atoms with Gasteiger partial charge in [0.1, 0.15) is 0 Å². The first-order valence-corrected chi connectivity index (χ1v) is 8.92. The van der Waals surface area contributed by atoms with Gasteiger partial charge in [-0.3, -0.25) is 4.79 Å². The summed E-state index contributed by atoms with van der Waals surface area (Å²) >= 11 is 1.45. The molecule has 24 heavy (non-hydrogen) atoms. The van der Waals surface area contributed by atoms with Crippen LogP contribution >= 0.6 is 11.3 Å². The predicted octanol–water partition coefficient (Wildman–Crippen LogP) is 4.86. The summed E-state index contributed by atoms with van der Waals surface area (Å²) in [7, 11) is 0. The highest BCUT2D eigenvalue weighted by atomic mass is 32.1. The second-order valence-electron chi connectivity index (χ2n) is 5.80. The first-order valence-electron chi connectivity index (χ1n) is 8.04. The van der Waals surface area contributed by atoms with Crippen molar-refractivity contribution in [3.8, 4) is 11.3 Å². The molecule has 122 valence electrons. The molecule has 0 aliphatic carbocycles. The monoisotopic (exact) mass is 336 g/mol. The first kappa shape index (κ1) is 16.4. The molecule has 0 fully saturated rings. The topological polar surface area (TPSA) is 42.0 Å². The van der Waals surface area contributed by atoms with Gasteiger partial charge in [-0.25, -0.2) is 4.98 Å². The number of hydrogen-bond donors (Lipinski definition) is 1. The molecule has 2 aromatic carbocycles. The zero-order valence-electron chi connectivity index (χ0n) is 13.9. The van der Waals surface area contributed by atoms with Gasteiger partial charge < -0.3 is 5.32 Å². The minimum Gasteiger partial charge on any atom is -0.302 e. The summed E-state index contributed by atoms with van der Waals surface area (Å²) in [6.07, 6.45) is 1.39. The highest BCUT2D eigenvalue weighted by molar-refractivity contribution is 7.14. The molecule has 1 aromatic heterocycles. The number of rotatable bonds is 5. The molecule has 3 rings (SSSR count). The molecule has 0 saturated carbocycles. The van der Waals surface area contributed by atoms with Crippen molar-refractivity contribution in [2.45, 2.75) is 26.7 Å². The van der Waals surface area contributed by atoms with Gasteiger partial charge in [-0.05, 0) is 24.5 Å². The van der Waals surface area contributed by atoms with Crippen molar-refractivity contribution >= 4 is 22.4 Å². The maximum absolute atomic E-state index is 12.2. The number of aromatic nitrogens is 1. The molecule has 0 atom stereocenters. The Hall–Kier alpha value is -2.46. The number of anilines is 1. The van der Waals surface area contributed by atoms with Crippen LogP contribution in [-0.4, -0.2) is 10.9 Å². The number of thiazole rings is 1. The summed E-state index contributed by atoms with van der Waals surface area (Å²) in [6, 6.07) is 16.4. The number of carbonyl (C=O) groups is 1. The Morgan fingerprint density at radius 2 is 1.71 bits per heavy atom. The maximum atomic E-state index is 12.2. The minimum atomic E-state index is -0.0407. The number of hydrogen-bond acceptors (Lipinski definition) is 3. The number of nitrogens with zero attached hydrogens (tertiary/aromatic N) is 1. The number of aryl methyl sites for hydroxylation is 2. The molecule has 3 aromatic rings. The van der Waals surface area contributed by atoms with Crippen molar-refractivity contribution in [3.63, 3.8) is 0 Å². The first-order chi connectivity index (χ1) is 11.6. The molecule has 1 amide bonds. The summed E-state index contributed by atoms with van der Waals surface area (Å²) < 4.78 is 0. The van der Waals surface area contributed by atoms with Gasteiger partial charge in [0.25, 0.3) is 0 Å². The molecule has 1 heterocycles. The number of amides is 1. The molecule has 0 unspecified atom stereocenters. The van der Waals surface area contributed by atoms with Gasteiger partial charge >= 0.3 is 0 Å². The predicted molar refractivity (Wildman–Crippen MR) is 100 cm³/mol. The summed E-state index contributed by atoms with van der Waals surface area (Å²) in [5, 5.41) is 5.50. The van der Waals surface area contributed by atoms with Crippen LogP contribution < -0.4 is 5.32 Å². The van der Waals surface area contributed by atoms with E-state index in [2.05, 4.69) is 41.5 Å². The van der Waals surface area contributed by atoms with E-state index in [1.165, 1.54) is 22.5 Å². The van der Waals surface area contributed by atoms with Gasteiger partial charge in [0.2, 0.25) is 5.91 Å². The van der Waals surface area contributed by atoms with Crippen molar-refractivity contribution in [2.24, 2.45) is 0 Å². The fourth-order valence-electron chi connectivity index (χ4n) is 2.43. The van der Waals surface area contributed by atoms with Crippen molar-refractivity contribution in [3.05, 3.63) is 70.6 Å². The van der Waals surface area contributed by atoms with Crippen LogP contribution in [0, 0.1) is 6.92 Å². The average Bonchev–Trinajstić information content (AvgIpc) is 3.05. The number of benzene rings is 2. The lowest BCUT2D eigenvalue weighted by atomic mass is 10.1. The summed E-state index contributed by atoms with van der Waals surface area (Å²) in [5.74, 6) is -0.0407. The normalized spacial score (nSPS) is 10.6. The van der Waals surface area contributed by atoms with E-state index >= 15 is 0 Å². The standard InChI is InChI=1S/C20H20N2OS/c1-3-15-8-10-17(11-9-15)18-13-24-20(21-18)22-19(23)12-16-6-4-14(2)5-7-16/h4-11,13H,3,12H2,1-2H3,(H,21,22,23). The number of nitrogens with one attached hydrogen (secondary N) is 1. The lowest BCUT2D eigenvalue weighted by Crippen LogP contribution is -2.14. The lowest BCUT2D eigenvalue weighted by molar-refractivity contribution is -0.115. The molecule has 0 bridgehead atoms. The Labute approximate surface area is 146 Å². The Morgan fingerprint density at radius 1 is 1.04 bits per heavy atom. The molecule has 3 nitrogen and oxygen atoms in total. The van der Waals surface area contributed by atoms with E-state index in [1.807, 2.05) is 36.6 Å². The molecular formula is C20H20N2OS. The van der Waals surface area contributed by atoms with E-state index in [0.29, 0.717) is 11.6 Å². The molecule has 0 radical (unpaired) electrons. The summed E-state index contributed by atoms with van der Waals surface area (Å²) in [4.78, 5) is 16.7. The van der Waals surface area contributed by atoms with Gasteiger partial charge in [0.15, 0.2) is 5.13 Å². The third-order valence-electron chi connectivity index (χ3n) is 3.89. The molecule has 0 saturated heterocycles. The third kappa shape index (κ3) is 4.09. The van der Waals surface area contributed by atoms with Crippen LogP contribution in [0.2, 0.25) is 0 Å². The fourth-order valence-corrected chi connectivity index (χ4v) is 3.17. The van der Waals surface area contributed by atoms with Crippen LogP contribution in [0.25, 0.3) is 11.3 Å². The maximum Gasteiger partial charge on any atom is 0.230 e. The van der Waals surface area contributed by atoms with Gasteiger partial charge in [0.05, 0.1) is 12.1 Å². The van der Waals surface area contributed by atoms with Crippen molar-refractivity contribution in [1.29, 1.82) is 0 Å². The van der Waals surface area contributed by atoms with Crippen LogP contribution in [0.3, 0.4) is 0 Å². The van der Waals surface area contributed by atoms with E-state index < -0.39 is 0 Å². The van der Waals surface area contributed by atoms with Gasteiger partial charge in [-0.15, -0.1) is 11.3 Å². The van der Waals surface area contributed by atoms with Crippen LogP contribution in [0.1, 0.15) is 23.6 Å². The summed E-state index contributed by atoms with van der Waals surface area (Å²) in [6.45, 7) is 4.17. The van der Waals surface area contributed by atoms with Gasteiger partial charge in [0, 0.05) is 10.9 Å². The molecular weight excluding hydrogens is 316 g/mol. The fraction of sp³-hybridized carbons (Fsp3) is 0.200. The van der Waals surface area contributed by atoms with Gasteiger partial charge in [-0.1, -0.05) is 61.0 Å². The zero-order chi connectivity index (χ0) is 16.9. The lowest BCUT2D eigenvalue weighted by Gasteiger charge is -2.03. The number of carbonyl (C=O) groups excluding carboxylic acids is 1. The molecule has 0 spiro atoms. The average molecular weight is 336 g/mol. The highest BCUT2D eigenvalue weighted by Crippen LogP contribution is 2.25. The summed E-state index contributed by atoms with van der Waals surface area (Å²) in [5.41, 5.74) is 5.47. The van der Waals surface area contributed by atoms with Gasteiger partial charge in [-0.2, -0.15) is 0 Å². The molecule has 4 heteroatoms. The smallest absolute Gasteiger partial charge is 0.230 e. The van der Waals surface area contributed by atoms with Crippen molar-refractivity contribution < 1.29 is 4.79 Å². The van der Waals surface area contributed by atoms with E-state index in [4.69, 9.17) is 0 Å². The Morgan fingerprint density at radius 3 is 2.38 bits per heavy atom. The van der Waals surface area contributed by atoms with Crippen molar-refractivity contribution in [2.75, 3.05) is 5.32 Å². The van der Waals surface area contributed by atoms with Crippen molar-refractivity contribution in [1.82, 2.24) is 4.98 Å². The third-order valence-corrected chi connectivity index (χ3v) is 4.65. The van der Waals surface area contributed by atoms with E-state index in [-0.39, 0.29) is 5.91 Å². The largest absolute Gasteiger partial charge is 0.302 e. The quantitative estimate of drug-likeness (QED) is 0.723. The Balaban J connectivity index is 1.64. The van der Waals surface area contributed by atoms with Crippen LogP contribution in [0.15, 0.2) is 53.9 Å². The second kappa shape index (κ2) is 7.41. The second-order valence-corrected chi connectivity index (χ2v) is 6.66. The minimum absolute atomic E-state index is 0.0407. The van der Waals surface area contributed by atoms with E-state index in [0.717, 1.165) is 23.2 Å². The molecule has 0 aliphatic rings. The molecule has 0 aliphatic heterocycles. The SMILES string of the molecule is CCc1ccc(-c2csc(NC(=O)Cc3ccc(C)cc3)n2)cc1. The van der Waals surface area contributed by atoms with E-state index in [9.17, 15) is 4.79 Å². The highest BCUT2D eigenvalue weighted by Gasteiger charge is 2.09. The van der Waals surface area contributed by atoms with E-state index in [1.54, 1.807) is 0 Å². The van der Waals surface area contributed by atoms with Crippen LogP contribution in [0.4, 0.5) is 5.13 Å². The zero-order valence-corrected chi connectivity index (χ0v) is 14.7. The molecule has 1 N–H and O–H groups in total.